The number of carbonyl (C=O) groups is 1. The topological polar surface area (TPSA) is 101 Å². The quantitative estimate of drug-likeness (QED) is 0.583. The van der Waals surface area contributed by atoms with Crippen LogP contribution < -0.4 is 15.8 Å². The summed E-state index contributed by atoms with van der Waals surface area (Å²) in [4.78, 5) is 12.3. The van der Waals surface area contributed by atoms with Gasteiger partial charge in [0.2, 0.25) is 10.0 Å². The van der Waals surface area contributed by atoms with Crippen LogP contribution in [0, 0.1) is 0 Å². The van der Waals surface area contributed by atoms with E-state index >= 15 is 0 Å². The van der Waals surface area contributed by atoms with E-state index in [9.17, 15) is 13.2 Å². The van der Waals surface area contributed by atoms with Crippen molar-refractivity contribution in [3.8, 4) is 0 Å². The van der Waals surface area contributed by atoms with E-state index in [1.807, 2.05) is 0 Å². The van der Waals surface area contributed by atoms with Crippen molar-refractivity contribution in [1.29, 1.82) is 0 Å². The molecule has 4 N–H and O–H groups in total. The van der Waals surface area contributed by atoms with Crippen LogP contribution in [0.25, 0.3) is 0 Å². The zero-order chi connectivity index (χ0) is 17.3. The molecule has 1 atom stereocenters. The molecule has 138 valence electrons. The van der Waals surface area contributed by atoms with Crippen LogP contribution in [0.3, 0.4) is 0 Å². The minimum Gasteiger partial charge on any atom is -0.348 e. The summed E-state index contributed by atoms with van der Waals surface area (Å²) in [7, 11) is -3.37. The molecule has 0 fully saturated rings. The molecule has 0 heterocycles. The van der Waals surface area contributed by atoms with E-state index in [0.717, 1.165) is 19.3 Å². The minimum atomic E-state index is -3.37. The zero-order valence-electron chi connectivity index (χ0n) is 14.2. The summed E-state index contributed by atoms with van der Waals surface area (Å²) in [6.45, 7) is 4.27. The van der Waals surface area contributed by atoms with E-state index in [0.29, 0.717) is 24.2 Å². The third-order valence-electron chi connectivity index (χ3n) is 3.40. The molecular formula is C16H28ClN3O3S. The van der Waals surface area contributed by atoms with Gasteiger partial charge >= 0.3 is 0 Å². The molecule has 8 heteroatoms. The predicted octanol–water partition coefficient (Wildman–Crippen LogP) is 2.51. The molecule has 0 radical (unpaired) electrons. The van der Waals surface area contributed by atoms with Crippen molar-refractivity contribution >= 4 is 34.0 Å². The number of halogens is 1. The number of sulfonamides is 1. The average Bonchev–Trinajstić information content (AvgIpc) is 2.50. The molecule has 1 aromatic rings. The summed E-state index contributed by atoms with van der Waals surface area (Å²) in [5.41, 5.74) is 6.49. The average molecular weight is 378 g/mol. The highest BCUT2D eigenvalue weighted by Gasteiger charge is 2.14. The molecule has 0 aliphatic heterocycles. The molecule has 24 heavy (non-hydrogen) atoms. The van der Waals surface area contributed by atoms with Gasteiger partial charge in [0, 0.05) is 23.8 Å². The molecule has 0 saturated heterocycles. The molecule has 1 rings (SSSR count). The smallest absolute Gasteiger partial charge is 0.251 e. The van der Waals surface area contributed by atoms with Gasteiger partial charge in [0.1, 0.15) is 0 Å². The van der Waals surface area contributed by atoms with Gasteiger partial charge in [0.05, 0.1) is 5.75 Å². The number of carbonyl (C=O) groups excluding carboxylic acids is 1. The number of benzene rings is 1. The summed E-state index contributed by atoms with van der Waals surface area (Å²) in [6, 6.07) is 6.41. The summed E-state index contributed by atoms with van der Waals surface area (Å²) in [6.07, 6.45) is 3.41. The van der Waals surface area contributed by atoms with Crippen molar-refractivity contribution in [2.75, 3.05) is 17.0 Å². The van der Waals surface area contributed by atoms with Crippen LogP contribution in [0.4, 0.5) is 5.69 Å². The fourth-order valence-electron chi connectivity index (χ4n) is 2.19. The zero-order valence-corrected chi connectivity index (χ0v) is 15.9. The molecule has 1 aromatic carbocycles. The lowest BCUT2D eigenvalue weighted by Crippen LogP contribution is -2.40. The molecule has 0 saturated carbocycles. The van der Waals surface area contributed by atoms with Gasteiger partial charge in [0.15, 0.2) is 0 Å². The van der Waals surface area contributed by atoms with Crippen LogP contribution in [0.1, 0.15) is 49.9 Å². The van der Waals surface area contributed by atoms with Crippen LogP contribution in [0.5, 0.6) is 0 Å². The van der Waals surface area contributed by atoms with Gasteiger partial charge in [-0.1, -0.05) is 32.8 Å². The molecule has 6 nitrogen and oxygen atoms in total. The van der Waals surface area contributed by atoms with E-state index in [4.69, 9.17) is 5.73 Å². The Balaban J connectivity index is 0.00000529. The molecule has 0 aliphatic rings. The van der Waals surface area contributed by atoms with Gasteiger partial charge in [-0.3, -0.25) is 9.52 Å². The van der Waals surface area contributed by atoms with Crippen molar-refractivity contribution in [3.05, 3.63) is 29.8 Å². The van der Waals surface area contributed by atoms with Gasteiger partial charge in [-0.15, -0.1) is 12.4 Å². The van der Waals surface area contributed by atoms with Gasteiger partial charge in [-0.05, 0) is 31.0 Å². The maximum absolute atomic E-state index is 12.3. The number of hydrogen-bond donors (Lipinski definition) is 3. The molecule has 0 aromatic heterocycles. The lowest BCUT2D eigenvalue weighted by molar-refractivity contribution is 0.0936. The Morgan fingerprint density at radius 1 is 1.25 bits per heavy atom. The van der Waals surface area contributed by atoms with Crippen molar-refractivity contribution < 1.29 is 13.2 Å². The normalized spacial score (nSPS) is 12.1. The lowest BCUT2D eigenvalue weighted by Gasteiger charge is -2.17. The Morgan fingerprint density at radius 3 is 2.54 bits per heavy atom. The van der Waals surface area contributed by atoms with Crippen molar-refractivity contribution in [1.82, 2.24) is 5.32 Å². The molecule has 1 amide bonds. The number of rotatable bonds is 10. The van der Waals surface area contributed by atoms with E-state index in [1.165, 1.54) is 6.07 Å². The Hall–Kier alpha value is -1.31. The maximum Gasteiger partial charge on any atom is 0.251 e. The van der Waals surface area contributed by atoms with E-state index in [1.54, 1.807) is 25.1 Å². The monoisotopic (exact) mass is 377 g/mol. The number of nitrogens with one attached hydrogen (secondary N) is 2. The van der Waals surface area contributed by atoms with Crippen molar-refractivity contribution in [2.45, 2.75) is 45.6 Å². The molecular weight excluding hydrogens is 350 g/mol. The Labute approximate surface area is 151 Å². The number of hydrogen-bond acceptors (Lipinski definition) is 4. The summed E-state index contributed by atoms with van der Waals surface area (Å²) < 4.78 is 26.1. The number of amides is 1. The molecule has 0 aliphatic carbocycles. The molecule has 0 spiro atoms. The highest BCUT2D eigenvalue weighted by Crippen LogP contribution is 2.13. The lowest BCUT2D eigenvalue weighted by atomic mass is 10.1. The van der Waals surface area contributed by atoms with Crippen LogP contribution >= 0.6 is 12.4 Å². The van der Waals surface area contributed by atoms with Gasteiger partial charge < -0.3 is 11.1 Å². The second-order valence-corrected chi connectivity index (χ2v) is 7.39. The summed E-state index contributed by atoms with van der Waals surface area (Å²) >= 11 is 0. The van der Waals surface area contributed by atoms with Crippen LogP contribution in [-0.2, 0) is 10.0 Å². The molecule has 0 bridgehead atoms. The Bertz CT molecular complexity index is 608. The number of unbranched alkanes of at least 4 members (excludes halogenated alkanes) is 1. The van der Waals surface area contributed by atoms with Gasteiger partial charge in [0.25, 0.3) is 5.91 Å². The summed E-state index contributed by atoms with van der Waals surface area (Å²) in [5.74, 6) is -0.191. The van der Waals surface area contributed by atoms with Crippen molar-refractivity contribution in [3.63, 3.8) is 0 Å². The van der Waals surface area contributed by atoms with Gasteiger partial charge in [-0.2, -0.15) is 0 Å². The minimum absolute atomic E-state index is 0. The first kappa shape index (κ1) is 22.7. The van der Waals surface area contributed by atoms with E-state index < -0.39 is 10.0 Å². The first-order valence-corrected chi connectivity index (χ1v) is 9.68. The fraction of sp³-hybridized carbons (Fsp3) is 0.562. The Morgan fingerprint density at radius 2 is 1.96 bits per heavy atom. The SMILES string of the molecule is CCCCC(CN)NC(=O)c1cccc(NS(=O)(=O)CCC)c1.Cl. The maximum atomic E-state index is 12.3. The van der Waals surface area contributed by atoms with Crippen LogP contribution in [-0.4, -0.2) is 32.7 Å². The largest absolute Gasteiger partial charge is 0.348 e. The number of anilines is 1. The standard InChI is InChI=1S/C16H27N3O3S.ClH/c1-3-5-8-15(12-17)18-16(20)13-7-6-9-14(11-13)19-23(21,22)10-4-2;/h6-7,9,11,15,19H,3-5,8,10,12,17H2,1-2H3,(H,18,20);1H. The number of nitrogens with two attached hydrogens (primary N) is 1. The van der Waals surface area contributed by atoms with Crippen molar-refractivity contribution in [2.24, 2.45) is 5.73 Å². The highest BCUT2D eigenvalue weighted by atomic mass is 35.5. The predicted molar refractivity (Wildman–Crippen MR) is 101 cm³/mol. The first-order chi connectivity index (χ1) is 10.9. The molecule has 1 unspecified atom stereocenters. The third-order valence-corrected chi connectivity index (χ3v) is 4.89. The fourth-order valence-corrected chi connectivity index (χ4v) is 3.32. The summed E-state index contributed by atoms with van der Waals surface area (Å²) in [5, 5.41) is 2.89. The Kier molecular flexibility index (Phi) is 10.7. The van der Waals surface area contributed by atoms with E-state index in [-0.39, 0.29) is 30.1 Å². The third kappa shape index (κ3) is 7.99. The second kappa shape index (κ2) is 11.3. The van der Waals surface area contributed by atoms with E-state index in [2.05, 4.69) is 17.0 Å². The second-order valence-electron chi connectivity index (χ2n) is 5.55. The van der Waals surface area contributed by atoms with Gasteiger partial charge in [-0.25, -0.2) is 8.42 Å². The first-order valence-electron chi connectivity index (χ1n) is 8.03. The van der Waals surface area contributed by atoms with Crippen LogP contribution in [0.15, 0.2) is 24.3 Å². The highest BCUT2D eigenvalue weighted by molar-refractivity contribution is 7.92. The van der Waals surface area contributed by atoms with Crippen LogP contribution in [0.2, 0.25) is 0 Å².